The number of aromatic nitrogens is 2. The summed E-state index contributed by atoms with van der Waals surface area (Å²) in [6, 6.07) is 10.5. The van der Waals surface area contributed by atoms with E-state index < -0.39 is 0 Å². The monoisotopic (exact) mass is 366 g/mol. The van der Waals surface area contributed by atoms with E-state index in [9.17, 15) is 4.79 Å². The molecule has 26 heavy (non-hydrogen) atoms. The molecule has 2 aromatic heterocycles. The Morgan fingerprint density at radius 3 is 3.00 bits per heavy atom. The number of rotatable bonds is 3. The first kappa shape index (κ1) is 17.1. The molecule has 1 saturated heterocycles. The van der Waals surface area contributed by atoms with Crippen molar-refractivity contribution in [3.63, 3.8) is 0 Å². The van der Waals surface area contributed by atoms with Crippen LogP contribution in [0.4, 0.5) is 0 Å². The molecular weight excluding hydrogens is 344 g/mol. The molecule has 1 unspecified atom stereocenters. The minimum Gasteiger partial charge on any atom is -0.336 e. The van der Waals surface area contributed by atoms with Gasteiger partial charge in [0.2, 0.25) is 0 Å². The van der Waals surface area contributed by atoms with E-state index in [2.05, 4.69) is 46.2 Å². The largest absolute Gasteiger partial charge is 0.336 e. The highest BCUT2D eigenvalue weighted by Gasteiger charge is 2.26. The van der Waals surface area contributed by atoms with Crippen molar-refractivity contribution in [2.24, 2.45) is 5.92 Å². The smallest absolute Gasteiger partial charge is 0.273 e. The van der Waals surface area contributed by atoms with Crippen LogP contribution in [0.3, 0.4) is 0 Å². The van der Waals surface area contributed by atoms with Crippen molar-refractivity contribution < 1.29 is 4.79 Å². The van der Waals surface area contributed by atoms with E-state index in [-0.39, 0.29) is 5.91 Å². The summed E-state index contributed by atoms with van der Waals surface area (Å²) in [5, 5.41) is 3.00. The Morgan fingerprint density at radius 1 is 1.23 bits per heavy atom. The van der Waals surface area contributed by atoms with Crippen LogP contribution >= 0.6 is 11.3 Å². The Labute approximate surface area is 157 Å². The molecule has 0 radical (unpaired) electrons. The van der Waals surface area contributed by atoms with E-state index in [1.807, 2.05) is 22.5 Å². The van der Waals surface area contributed by atoms with Gasteiger partial charge in [0, 0.05) is 43.1 Å². The fraction of sp³-hybridized carbons (Fsp3) is 0.350. The van der Waals surface area contributed by atoms with Crippen LogP contribution in [0.1, 0.15) is 16.1 Å². The highest BCUT2D eigenvalue weighted by molar-refractivity contribution is 7.07. The van der Waals surface area contributed by atoms with Crippen molar-refractivity contribution in [2.75, 3.05) is 33.2 Å². The number of likely N-dealkylation sites (N-methyl/N-ethyl adjacent to an activating group) is 1. The van der Waals surface area contributed by atoms with Gasteiger partial charge in [0.05, 0.1) is 11.0 Å². The fourth-order valence-corrected chi connectivity index (χ4v) is 4.19. The molecule has 1 aromatic carbocycles. The second kappa shape index (κ2) is 7.51. The Kier molecular flexibility index (Phi) is 4.95. The van der Waals surface area contributed by atoms with Gasteiger partial charge < -0.3 is 9.80 Å². The van der Waals surface area contributed by atoms with Crippen molar-refractivity contribution in [2.45, 2.75) is 6.42 Å². The van der Waals surface area contributed by atoms with Crippen LogP contribution in [0.5, 0.6) is 0 Å². The number of carbonyl (C=O) groups is 1. The minimum atomic E-state index is 0.0502. The summed E-state index contributed by atoms with van der Waals surface area (Å²) in [6.07, 6.45) is 2.78. The molecule has 3 aromatic rings. The van der Waals surface area contributed by atoms with E-state index in [0.29, 0.717) is 11.6 Å². The van der Waals surface area contributed by atoms with Crippen molar-refractivity contribution in [3.05, 3.63) is 58.7 Å². The third-order valence-corrected chi connectivity index (χ3v) is 5.52. The van der Waals surface area contributed by atoms with Gasteiger partial charge in [-0.25, -0.2) is 4.98 Å². The van der Waals surface area contributed by atoms with Crippen molar-refractivity contribution in [1.29, 1.82) is 0 Å². The quantitative estimate of drug-likeness (QED) is 0.715. The van der Waals surface area contributed by atoms with Crippen molar-refractivity contribution in [3.8, 4) is 0 Å². The summed E-state index contributed by atoms with van der Waals surface area (Å²) in [4.78, 5) is 25.6. The van der Waals surface area contributed by atoms with Crippen molar-refractivity contribution >= 4 is 28.1 Å². The van der Waals surface area contributed by atoms with Gasteiger partial charge in [-0.05, 0) is 43.1 Å². The lowest BCUT2D eigenvalue weighted by Gasteiger charge is -2.23. The Hall–Kier alpha value is -2.31. The molecule has 1 aliphatic heterocycles. The average molecular weight is 366 g/mol. The third-order valence-electron chi connectivity index (χ3n) is 4.93. The highest BCUT2D eigenvalue weighted by atomic mass is 32.1. The summed E-state index contributed by atoms with van der Waals surface area (Å²) in [6.45, 7) is 3.41. The van der Waals surface area contributed by atoms with Crippen LogP contribution in [-0.4, -0.2) is 58.9 Å². The standard InChI is InChI=1S/C20H22N4OS/c1-23-7-8-24(20(25)19-13-26-14-22-19)12-16(11-23)9-15-4-5-18-17(10-15)3-2-6-21-18/h2-6,10,13-14,16H,7-9,11-12H2,1H3. The van der Waals surface area contributed by atoms with Crippen LogP contribution in [-0.2, 0) is 6.42 Å². The van der Waals surface area contributed by atoms with Gasteiger partial charge in [0.1, 0.15) is 5.69 Å². The van der Waals surface area contributed by atoms with Crippen LogP contribution in [0.15, 0.2) is 47.4 Å². The molecule has 1 atom stereocenters. The summed E-state index contributed by atoms with van der Waals surface area (Å²) < 4.78 is 0. The average Bonchev–Trinajstić information content (AvgIpc) is 3.12. The summed E-state index contributed by atoms with van der Waals surface area (Å²) in [5.41, 5.74) is 4.61. The van der Waals surface area contributed by atoms with Gasteiger partial charge in [-0.3, -0.25) is 9.78 Å². The molecule has 0 N–H and O–H groups in total. The first-order chi connectivity index (χ1) is 12.7. The lowest BCUT2D eigenvalue weighted by atomic mass is 9.97. The second-order valence-corrected chi connectivity index (χ2v) is 7.71. The number of fused-ring (bicyclic) bond motifs is 1. The van der Waals surface area contributed by atoms with Gasteiger partial charge in [0.15, 0.2) is 0 Å². The predicted octanol–water partition coefficient (Wildman–Crippen LogP) is 2.94. The van der Waals surface area contributed by atoms with Crippen molar-refractivity contribution in [1.82, 2.24) is 19.8 Å². The first-order valence-electron chi connectivity index (χ1n) is 8.89. The Bertz CT molecular complexity index is 896. The summed E-state index contributed by atoms with van der Waals surface area (Å²) >= 11 is 1.47. The van der Waals surface area contributed by atoms with E-state index in [1.54, 1.807) is 5.51 Å². The van der Waals surface area contributed by atoms with E-state index >= 15 is 0 Å². The lowest BCUT2D eigenvalue weighted by Crippen LogP contribution is -2.36. The van der Waals surface area contributed by atoms with Crippen LogP contribution < -0.4 is 0 Å². The highest BCUT2D eigenvalue weighted by Crippen LogP contribution is 2.20. The third kappa shape index (κ3) is 3.76. The van der Waals surface area contributed by atoms with E-state index in [0.717, 1.165) is 38.1 Å². The van der Waals surface area contributed by atoms with E-state index in [4.69, 9.17) is 0 Å². The molecule has 6 heteroatoms. The lowest BCUT2D eigenvalue weighted by molar-refractivity contribution is 0.0741. The number of thiazole rings is 1. The number of hydrogen-bond acceptors (Lipinski definition) is 5. The number of carbonyl (C=O) groups excluding carboxylic acids is 1. The number of pyridine rings is 1. The summed E-state index contributed by atoms with van der Waals surface area (Å²) in [5.74, 6) is 0.452. The zero-order chi connectivity index (χ0) is 17.9. The number of hydrogen-bond donors (Lipinski definition) is 0. The van der Waals surface area contributed by atoms with Gasteiger partial charge in [-0.2, -0.15) is 0 Å². The van der Waals surface area contributed by atoms with Gasteiger partial charge >= 0.3 is 0 Å². The number of nitrogens with zero attached hydrogens (tertiary/aromatic N) is 4. The SMILES string of the molecule is CN1CCN(C(=O)c2cscn2)CC(Cc2ccc3ncccc3c2)C1. The molecule has 1 aliphatic rings. The molecule has 134 valence electrons. The molecule has 0 bridgehead atoms. The molecule has 0 spiro atoms. The zero-order valence-corrected chi connectivity index (χ0v) is 15.7. The number of benzene rings is 1. The molecule has 0 aliphatic carbocycles. The van der Waals surface area contributed by atoms with Crippen LogP contribution in [0, 0.1) is 5.92 Å². The number of amides is 1. The molecule has 1 fully saturated rings. The van der Waals surface area contributed by atoms with Crippen LogP contribution in [0.25, 0.3) is 10.9 Å². The van der Waals surface area contributed by atoms with Gasteiger partial charge in [-0.1, -0.05) is 12.1 Å². The molecule has 4 rings (SSSR count). The summed E-state index contributed by atoms with van der Waals surface area (Å²) in [7, 11) is 2.13. The Balaban J connectivity index is 1.52. The van der Waals surface area contributed by atoms with Gasteiger partial charge in [-0.15, -0.1) is 11.3 Å². The first-order valence-corrected chi connectivity index (χ1v) is 9.83. The molecule has 1 amide bonds. The predicted molar refractivity (Wildman–Crippen MR) is 104 cm³/mol. The maximum Gasteiger partial charge on any atom is 0.273 e. The minimum absolute atomic E-state index is 0.0502. The normalized spacial score (nSPS) is 18.8. The maximum absolute atomic E-state index is 12.7. The van der Waals surface area contributed by atoms with Crippen LogP contribution in [0.2, 0.25) is 0 Å². The topological polar surface area (TPSA) is 49.3 Å². The molecule has 3 heterocycles. The second-order valence-electron chi connectivity index (χ2n) is 6.99. The molecule has 0 saturated carbocycles. The maximum atomic E-state index is 12.7. The Morgan fingerprint density at radius 2 is 2.15 bits per heavy atom. The zero-order valence-electron chi connectivity index (χ0n) is 14.8. The molecular formula is C20H22N4OS. The van der Waals surface area contributed by atoms with E-state index in [1.165, 1.54) is 22.3 Å². The molecule has 5 nitrogen and oxygen atoms in total. The fourth-order valence-electron chi connectivity index (χ4n) is 3.66. The van der Waals surface area contributed by atoms with Gasteiger partial charge in [0.25, 0.3) is 5.91 Å².